The maximum absolute atomic E-state index is 5.37. The zero-order chi connectivity index (χ0) is 33.0. The highest BCUT2D eigenvalue weighted by molar-refractivity contribution is 5.94. The quantitative estimate of drug-likeness (QED) is 0.206. The summed E-state index contributed by atoms with van der Waals surface area (Å²) in [6.07, 6.45) is 2.31. The molecule has 3 nitrogen and oxygen atoms in total. The summed E-state index contributed by atoms with van der Waals surface area (Å²) in [6, 6.07) is 55.9. The monoisotopic (exact) mass is 629 g/mol. The van der Waals surface area contributed by atoms with Crippen molar-refractivity contribution in [2.24, 2.45) is 0 Å². The minimum absolute atomic E-state index is 0.0394. The molecule has 2 heterocycles. The SMILES string of the molecule is CC1(C)c2ccccc2-c2cc3c(cc21)NC(c1ccccc1)C=C3c1nc(-c2ccccc2)cc(-c2cccc(-c3ccccc3)c2)n1. The van der Waals surface area contributed by atoms with Crippen LogP contribution in [0.3, 0.4) is 0 Å². The van der Waals surface area contributed by atoms with E-state index in [4.69, 9.17) is 9.97 Å². The van der Waals surface area contributed by atoms with Gasteiger partial charge in [-0.2, -0.15) is 0 Å². The van der Waals surface area contributed by atoms with Crippen molar-refractivity contribution in [3.63, 3.8) is 0 Å². The molecule has 1 N–H and O–H groups in total. The molecule has 0 amide bonds. The van der Waals surface area contributed by atoms with Crippen LogP contribution in [-0.2, 0) is 5.41 Å². The van der Waals surface area contributed by atoms with Gasteiger partial charge < -0.3 is 5.32 Å². The molecule has 1 aliphatic carbocycles. The van der Waals surface area contributed by atoms with Crippen molar-refractivity contribution in [3.8, 4) is 44.8 Å². The Morgan fingerprint density at radius 3 is 1.86 bits per heavy atom. The molecule has 1 aliphatic heterocycles. The average molecular weight is 630 g/mol. The van der Waals surface area contributed by atoms with E-state index in [1.807, 2.05) is 6.07 Å². The molecule has 1 aromatic heterocycles. The van der Waals surface area contributed by atoms with Gasteiger partial charge >= 0.3 is 0 Å². The van der Waals surface area contributed by atoms with E-state index in [-0.39, 0.29) is 11.5 Å². The number of hydrogen-bond acceptors (Lipinski definition) is 3. The maximum Gasteiger partial charge on any atom is 0.160 e. The van der Waals surface area contributed by atoms with Gasteiger partial charge in [0.15, 0.2) is 5.82 Å². The van der Waals surface area contributed by atoms with Gasteiger partial charge in [0.2, 0.25) is 0 Å². The summed E-state index contributed by atoms with van der Waals surface area (Å²) in [6.45, 7) is 4.67. The van der Waals surface area contributed by atoms with E-state index in [9.17, 15) is 0 Å². The zero-order valence-corrected chi connectivity index (χ0v) is 27.6. The number of nitrogens with zero attached hydrogens (tertiary/aromatic N) is 2. The highest BCUT2D eigenvalue weighted by atomic mass is 15.0. The lowest BCUT2D eigenvalue weighted by Gasteiger charge is -2.29. The number of anilines is 1. The van der Waals surface area contributed by atoms with Crippen LogP contribution in [0.15, 0.2) is 164 Å². The molecular formula is C46H35N3. The number of aromatic nitrogens is 2. The lowest BCUT2D eigenvalue weighted by molar-refractivity contribution is 0.660. The molecule has 7 aromatic rings. The summed E-state index contributed by atoms with van der Waals surface area (Å²) >= 11 is 0. The fraction of sp³-hybridized carbons (Fsp3) is 0.0870. The van der Waals surface area contributed by atoms with E-state index >= 15 is 0 Å². The normalized spacial score (nSPS) is 15.4. The van der Waals surface area contributed by atoms with E-state index in [1.165, 1.54) is 33.4 Å². The Morgan fingerprint density at radius 1 is 0.490 bits per heavy atom. The summed E-state index contributed by atoms with van der Waals surface area (Å²) in [4.78, 5) is 10.7. The molecule has 0 saturated carbocycles. The topological polar surface area (TPSA) is 37.8 Å². The maximum atomic E-state index is 5.37. The van der Waals surface area contributed by atoms with E-state index in [0.717, 1.165) is 50.7 Å². The smallest absolute Gasteiger partial charge is 0.160 e. The van der Waals surface area contributed by atoms with Gasteiger partial charge in [-0.05, 0) is 69.3 Å². The van der Waals surface area contributed by atoms with Crippen LogP contribution in [0.2, 0.25) is 0 Å². The first-order valence-electron chi connectivity index (χ1n) is 17.0. The molecule has 0 spiro atoms. The summed E-state index contributed by atoms with van der Waals surface area (Å²) in [5.41, 5.74) is 15.9. The molecule has 1 unspecified atom stereocenters. The third-order valence-corrected chi connectivity index (χ3v) is 10.1. The Hall–Kier alpha value is -6.06. The molecule has 3 heteroatoms. The molecule has 49 heavy (non-hydrogen) atoms. The van der Waals surface area contributed by atoms with Gasteiger partial charge in [0, 0.05) is 33.4 Å². The van der Waals surface area contributed by atoms with Gasteiger partial charge in [0.05, 0.1) is 17.4 Å². The lowest BCUT2D eigenvalue weighted by Crippen LogP contribution is -2.19. The molecule has 6 aromatic carbocycles. The van der Waals surface area contributed by atoms with Gasteiger partial charge in [-0.3, -0.25) is 0 Å². The Labute approximate surface area is 287 Å². The van der Waals surface area contributed by atoms with Crippen molar-refractivity contribution in [1.29, 1.82) is 0 Å². The average Bonchev–Trinajstić information content (AvgIpc) is 3.39. The first kappa shape index (κ1) is 29.1. The van der Waals surface area contributed by atoms with E-state index < -0.39 is 0 Å². The van der Waals surface area contributed by atoms with Crippen molar-refractivity contribution in [1.82, 2.24) is 9.97 Å². The highest BCUT2D eigenvalue weighted by Crippen LogP contribution is 2.52. The van der Waals surface area contributed by atoms with Crippen molar-refractivity contribution in [3.05, 3.63) is 192 Å². The second-order valence-corrected chi connectivity index (χ2v) is 13.5. The molecule has 1 atom stereocenters. The van der Waals surface area contributed by atoms with Crippen molar-refractivity contribution >= 4 is 11.3 Å². The number of rotatable bonds is 5. The molecule has 9 rings (SSSR count). The number of fused-ring (bicyclic) bond motifs is 4. The number of hydrogen-bond donors (Lipinski definition) is 1. The molecule has 2 aliphatic rings. The second-order valence-electron chi connectivity index (χ2n) is 13.5. The van der Waals surface area contributed by atoms with Crippen LogP contribution in [0.5, 0.6) is 0 Å². The third kappa shape index (κ3) is 5.06. The minimum atomic E-state index is -0.104. The summed E-state index contributed by atoms with van der Waals surface area (Å²) in [5.74, 6) is 0.718. The van der Waals surface area contributed by atoms with E-state index in [1.54, 1.807) is 0 Å². The molecule has 0 fully saturated rings. The molecular weight excluding hydrogens is 595 g/mol. The molecule has 234 valence electrons. The van der Waals surface area contributed by atoms with Crippen LogP contribution in [0.25, 0.3) is 50.3 Å². The Balaban J connectivity index is 1.27. The highest BCUT2D eigenvalue weighted by Gasteiger charge is 2.37. The van der Waals surface area contributed by atoms with E-state index in [0.29, 0.717) is 0 Å². The largest absolute Gasteiger partial charge is 0.374 e. The fourth-order valence-electron chi connectivity index (χ4n) is 7.55. The first-order chi connectivity index (χ1) is 24.0. The Bertz CT molecular complexity index is 2370. The summed E-state index contributed by atoms with van der Waals surface area (Å²) in [5, 5.41) is 3.89. The Morgan fingerprint density at radius 2 is 1.10 bits per heavy atom. The number of nitrogens with one attached hydrogen (secondary N) is 1. The van der Waals surface area contributed by atoms with Crippen LogP contribution >= 0.6 is 0 Å². The van der Waals surface area contributed by atoms with Gasteiger partial charge in [-0.15, -0.1) is 0 Å². The Kier molecular flexibility index (Phi) is 6.87. The van der Waals surface area contributed by atoms with Crippen molar-refractivity contribution < 1.29 is 0 Å². The lowest BCUT2D eigenvalue weighted by atomic mass is 9.81. The van der Waals surface area contributed by atoms with E-state index in [2.05, 4.69) is 177 Å². The van der Waals surface area contributed by atoms with Gasteiger partial charge in [0.25, 0.3) is 0 Å². The van der Waals surface area contributed by atoms with Crippen molar-refractivity contribution in [2.75, 3.05) is 5.32 Å². The predicted octanol–water partition coefficient (Wildman–Crippen LogP) is 11.4. The zero-order valence-electron chi connectivity index (χ0n) is 27.6. The van der Waals surface area contributed by atoms with Gasteiger partial charge in [0.1, 0.15) is 0 Å². The van der Waals surface area contributed by atoms with Crippen molar-refractivity contribution in [2.45, 2.75) is 25.3 Å². The van der Waals surface area contributed by atoms with Crippen LogP contribution in [0.4, 0.5) is 5.69 Å². The van der Waals surface area contributed by atoms with Crippen LogP contribution in [0, 0.1) is 0 Å². The number of benzene rings is 6. The van der Waals surface area contributed by atoms with Crippen LogP contribution < -0.4 is 5.32 Å². The molecule has 0 bridgehead atoms. The summed E-state index contributed by atoms with van der Waals surface area (Å²) < 4.78 is 0. The predicted molar refractivity (Wildman–Crippen MR) is 202 cm³/mol. The standard InChI is InChI=1S/C46H35N3/c1-46(2)39-24-13-12-23-35(39)36-26-37-38(27-41(31-17-8-4-9-18-31)47-44(37)28-40(36)46)45-48-42(32-19-10-5-11-20-32)29-43(49-45)34-22-14-21-33(25-34)30-15-6-3-7-16-30/h3-29,41,47H,1-2H3. The fourth-order valence-corrected chi connectivity index (χ4v) is 7.55. The van der Waals surface area contributed by atoms with Gasteiger partial charge in [-0.1, -0.05) is 147 Å². The molecule has 0 radical (unpaired) electrons. The second kappa shape index (κ2) is 11.6. The first-order valence-corrected chi connectivity index (χ1v) is 17.0. The van der Waals surface area contributed by atoms with Gasteiger partial charge in [-0.25, -0.2) is 9.97 Å². The minimum Gasteiger partial charge on any atom is -0.374 e. The summed E-state index contributed by atoms with van der Waals surface area (Å²) in [7, 11) is 0. The van der Waals surface area contributed by atoms with Crippen LogP contribution in [-0.4, -0.2) is 9.97 Å². The third-order valence-electron chi connectivity index (χ3n) is 10.1. The van der Waals surface area contributed by atoms with Crippen LogP contribution in [0.1, 0.15) is 48.0 Å². The molecule has 0 saturated heterocycles.